The molecule has 1 atom stereocenters. The summed E-state index contributed by atoms with van der Waals surface area (Å²) >= 11 is 0. The lowest BCUT2D eigenvalue weighted by Gasteiger charge is -2.31. The van der Waals surface area contributed by atoms with Crippen molar-refractivity contribution >= 4 is 23.1 Å². The first-order valence-electron chi connectivity index (χ1n) is 10.5. The Morgan fingerprint density at radius 1 is 1.36 bits per heavy atom. The number of amides is 1. The molecule has 2 aromatic rings. The predicted octanol–water partition coefficient (Wildman–Crippen LogP) is 4.46. The number of benzene rings is 1. The largest absolute Gasteiger partial charge is 0.573 e. The van der Waals surface area contributed by atoms with E-state index in [0.717, 1.165) is 12.8 Å². The minimum Gasteiger partial charge on any atom is -0.406 e. The van der Waals surface area contributed by atoms with E-state index < -0.39 is 6.36 Å². The van der Waals surface area contributed by atoms with Crippen LogP contribution in [0, 0.1) is 5.92 Å². The molecule has 7 nitrogen and oxygen atoms in total. The second-order valence-corrected chi connectivity index (χ2v) is 7.88. The SMILES string of the molecule is C=CNc1c(C(C)=Nc2ccc(OC(F)(F)F)cc2)cc(C(=O)N2CCCC(CO)C2)n1C. The number of alkyl halides is 3. The van der Waals surface area contributed by atoms with E-state index >= 15 is 0 Å². The van der Waals surface area contributed by atoms with E-state index in [1.807, 2.05) is 0 Å². The lowest BCUT2D eigenvalue weighted by atomic mass is 9.99. The number of rotatable bonds is 7. The number of hydrogen-bond acceptors (Lipinski definition) is 5. The maximum Gasteiger partial charge on any atom is 0.573 e. The van der Waals surface area contributed by atoms with Crippen molar-refractivity contribution < 1.29 is 27.8 Å². The summed E-state index contributed by atoms with van der Waals surface area (Å²) in [7, 11) is 1.76. The van der Waals surface area contributed by atoms with Crippen molar-refractivity contribution in [1.82, 2.24) is 9.47 Å². The first-order chi connectivity index (χ1) is 15.6. The summed E-state index contributed by atoms with van der Waals surface area (Å²) in [5, 5.41) is 12.5. The first kappa shape index (κ1) is 24.4. The fourth-order valence-electron chi connectivity index (χ4n) is 3.89. The zero-order chi connectivity index (χ0) is 24.2. The van der Waals surface area contributed by atoms with E-state index in [1.165, 1.54) is 30.5 Å². The number of nitrogens with zero attached hydrogens (tertiary/aromatic N) is 3. The second-order valence-electron chi connectivity index (χ2n) is 7.88. The number of halogens is 3. The maximum atomic E-state index is 13.2. The van der Waals surface area contributed by atoms with E-state index in [-0.39, 0.29) is 24.2 Å². The van der Waals surface area contributed by atoms with Crippen molar-refractivity contribution in [2.45, 2.75) is 26.1 Å². The molecule has 1 aliphatic rings. The summed E-state index contributed by atoms with van der Waals surface area (Å²) in [5.41, 5.74) is 2.11. The van der Waals surface area contributed by atoms with Crippen LogP contribution in [0.4, 0.5) is 24.7 Å². The molecule has 0 radical (unpaired) electrons. The highest BCUT2D eigenvalue weighted by Crippen LogP contribution is 2.28. The third-order valence-electron chi connectivity index (χ3n) is 5.51. The number of ether oxygens (including phenoxy) is 1. The number of likely N-dealkylation sites (tertiary alicyclic amines) is 1. The van der Waals surface area contributed by atoms with E-state index in [1.54, 1.807) is 29.5 Å². The van der Waals surface area contributed by atoms with Crippen LogP contribution in [0.3, 0.4) is 0 Å². The van der Waals surface area contributed by atoms with Crippen molar-refractivity contribution in [3.05, 3.63) is 54.4 Å². The Hall–Kier alpha value is -3.27. The zero-order valence-electron chi connectivity index (χ0n) is 18.5. The van der Waals surface area contributed by atoms with Crippen molar-refractivity contribution in [3.8, 4) is 5.75 Å². The van der Waals surface area contributed by atoms with Crippen LogP contribution in [-0.2, 0) is 7.05 Å². The standard InChI is InChI=1S/C23H27F3N4O3/c1-4-27-21-19(15(2)28-17-7-9-18(10-8-17)33-23(24,25)26)12-20(29(21)3)22(32)30-11-5-6-16(13-30)14-31/h4,7-10,12,16,27,31H,1,5-6,11,13-14H2,2-3H3. The number of anilines is 1. The fraction of sp³-hybridized carbons (Fsp3) is 0.391. The number of aliphatic hydroxyl groups excluding tert-OH is 1. The van der Waals surface area contributed by atoms with Gasteiger partial charge in [0, 0.05) is 38.0 Å². The van der Waals surface area contributed by atoms with Gasteiger partial charge in [0.2, 0.25) is 0 Å². The third-order valence-corrected chi connectivity index (χ3v) is 5.51. The number of piperidine rings is 1. The minimum absolute atomic E-state index is 0.0456. The smallest absolute Gasteiger partial charge is 0.406 e. The number of hydrogen-bond donors (Lipinski definition) is 2. The van der Waals surface area contributed by atoms with Crippen molar-refractivity contribution in [2.75, 3.05) is 25.0 Å². The number of aliphatic hydroxyl groups is 1. The number of aromatic nitrogens is 1. The Morgan fingerprint density at radius 2 is 2.06 bits per heavy atom. The van der Waals surface area contributed by atoms with Crippen LogP contribution in [0.5, 0.6) is 5.75 Å². The van der Waals surface area contributed by atoms with Gasteiger partial charge in [0.15, 0.2) is 0 Å². The van der Waals surface area contributed by atoms with Crippen molar-refractivity contribution in [2.24, 2.45) is 18.0 Å². The Bertz CT molecular complexity index is 1030. The fourth-order valence-corrected chi connectivity index (χ4v) is 3.89. The molecule has 0 saturated carbocycles. The van der Waals surface area contributed by atoms with Crippen LogP contribution < -0.4 is 10.1 Å². The lowest BCUT2D eigenvalue weighted by molar-refractivity contribution is -0.274. The van der Waals surface area contributed by atoms with E-state index in [0.29, 0.717) is 41.6 Å². The van der Waals surface area contributed by atoms with Gasteiger partial charge >= 0.3 is 6.36 Å². The Labute approximate surface area is 190 Å². The molecule has 1 unspecified atom stereocenters. The quantitative estimate of drug-likeness (QED) is 0.593. The highest BCUT2D eigenvalue weighted by Gasteiger charge is 2.31. The molecule has 10 heteroatoms. The molecule has 2 N–H and O–H groups in total. The van der Waals surface area contributed by atoms with Gasteiger partial charge in [-0.2, -0.15) is 0 Å². The normalized spacial score (nSPS) is 17.1. The molecule has 1 aromatic heterocycles. The van der Waals surface area contributed by atoms with Crippen LogP contribution in [0.2, 0.25) is 0 Å². The van der Waals surface area contributed by atoms with Crippen LogP contribution in [0.1, 0.15) is 35.8 Å². The Balaban J connectivity index is 1.89. The van der Waals surface area contributed by atoms with Gasteiger partial charge in [-0.1, -0.05) is 6.58 Å². The summed E-state index contributed by atoms with van der Waals surface area (Å²) < 4.78 is 42.7. The molecule has 1 aromatic carbocycles. The van der Waals surface area contributed by atoms with Crippen LogP contribution in [0.15, 0.2) is 48.1 Å². The molecule has 3 rings (SSSR count). The summed E-state index contributed by atoms with van der Waals surface area (Å²) in [6.45, 7) is 6.61. The molecule has 1 aliphatic heterocycles. The highest BCUT2D eigenvalue weighted by atomic mass is 19.4. The molecular weight excluding hydrogens is 437 g/mol. The summed E-state index contributed by atoms with van der Waals surface area (Å²) in [6, 6.07) is 6.95. The second kappa shape index (κ2) is 10.1. The number of carbonyl (C=O) groups is 1. The highest BCUT2D eigenvalue weighted by molar-refractivity contribution is 6.07. The topological polar surface area (TPSA) is 79.1 Å². The van der Waals surface area contributed by atoms with Gasteiger partial charge in [0.05, 0.1) is 5.69 Å². The van der Waals surface area contributed by atoms with Crippen LogP contribution in [-0.4, -0.2) is 52.3 Å². The monoisotopic (exact) mass is 464 g/mol. The van der Waals surface area contributed by atoms with E-state index in [2.05, 4.69) is 21.6 Å². The molecule has 2 heterocycles. The molecule has 1 saturated heterocycles. The van der Waals surface area contributed by atoms with Crippen LogP contribution >= 0.6 is 0 Å². The lowest BCUT2D eigenvalue weighted by Crippen LogP contribution is -2.41. The average molecular weight is 464 g/mol. The van der Waals surface area contributed by atoms with Gasteiger partial charge in [-0.05, 0) is 62.2 Å². The molecular formula is C23H27F3N4O3. The molecule has 1 amide bonds. The van der Waals surface area contributed by atoms with Crippen molar-refractivity contribution in [3.63, 3.8) is 0 Å². The Morgan fingerprint density at radius 3 is 2.67 bits per heavy atom. The molecule has 178 valence electrons. The molecule has 0 bridgehead atoms. The molecule has 0 aliphatic carbocycles. The van der Waals surface area contributed by atoms with E-state index in [9.17, 15) is 23.1 Å². The first-order valence-corrected chi connectivity index (χ1v) is 10.5. The summed E-state index contributed by atoms with van der Waals surface area (Å²) in [5.74, 6) is 0.210. The zero-order valence-corrected chi connectivity index (χ0v) is 18.5. The third kappa shape index (κ3) is 5.95. The number of carbonyl (C=O) groups excluding carboxylic acids is 1. The van der Waals surface area contributed by atoms with Gasteiger partial charge in [-0.3, -0.25) is 9.79 Å². The van der Waals surface area contributed by atoms with Crippen molar-refractivity contribution in [1.29, 1.82) is 0 Å². The molecule has 33 heavy (non-hydrogen) atoms. The van der Waals surface area contributed by atoms with Gasteiger partial charge < -0.3 is 24.6 Å². The summed E-state index contributed by atoms with van der Waals surface area (Å²) in [6.07, 6.45) is -1.54. The van der Waals surface area contributed by atoms with Gasteiger partial charge in [0.25, 0.3) is 5.91 Å². The van der Waals surface area contributed by atoms with E-state index in [4.69, 9.17) is 0 Å². The number of nitrogens with one attached hydrogen (secondary N) is 1. The Kier molecular flexibility index (Phi) is 7.47. The average Bonchev–Trinajstić information content (AvgIpc) is 3.10. The maximum absolute atomic E-state index is 13.2. The minimum atomic E-state index is -4.76. The number of aliphatic imine (C=N–C) groups is 1. The van der Waals surface area contributed by atoms with Gasteiger partial charge in [0.1, 0.15) is 17.3 Å². The predicted molar refractivity (Wildman–Crippen MR) is 120 cm³/mol. The molecule has 1 fully saturated rings. The van der Waals surface area contributed by atoms with Crippen LogP contribution in [0.25, 0.3) is 0 Å². The van der Waals surface area contributed by atoms with Gasteiger partial charge in [-0.15, -0.1) is 13.2 Å². The summed E-state index contributed by atoms with van der Waals surface area (Å²) in [4.78, 5) is 19.4. The molecule has 0 spiro atoms. The van der Waals surface area contributed by atoms with Gasteiger partial charge in [-0.25, -0.2) is 0 Å².